The SMILES string of the molecule is CC(=O)Oc1cccc(C(=O)COc2ccccc2)c1. The monoisotopic (exact) mass is 270 g/mol. The fourth-order valence-corrected chi connectivity index (χ4v) is 1.65. The first-order chi connectivity index (χ1) is 9.65. The first-order valence-corrected chi connectivity index (χ1v) is 6.14. The number of carbonyl (C=O) groups is 2. The average molecular weight is 270 g/mol. The molecular weight excluding hydrogens is 256 g/mol. The van der Waals surface area contributed by atoms with Crippen LogP contribution in [-0.4, -0.2) is 18.4 Å². The number of esters is 1. The van der Waals surface area contributed by atoms with Gasteiger partial charge in [0.1, 0.15) is 11.5 Å². The van der Waals surface area contributed by atoms with Crippen LogP contribution in [0.1, 0.15) is 17.3 Å². The Kier molecular flexibility index (Phi) is 4.50. The Morgan fingerprint density at radius 2 is 1.65 bits per heavy atom. The van der Waals surface area contributed by atoms with Gasteiger partial charge in [0, 0.05) is 12.5 Å². The molecule has 0 amide bonds. The van der Waals surface area contributed by atoms with Crippen LogP contribution in [0.4, 0.5) is 0 Å². The predicted molar refractivity (Wildman–Crippen MR) is 74.0 cm³/mol. The summed E-state index contributed by atoms with van der Waals surface area (Å²) in [5, 5.41) is 0. The topological polar surface area (TPSA) is 52.6 Å². The van der Waals surface area contributed by atoms with Gasteiger partial charge < -0.3 is 9.47 Å². The molecule has 0 bridgehead atoms. The highest BCUT2D eigenvalue weighted by molar-refractivity contribution is 5.97. The molecule has 4 nitrogen and oxygen atoms in total. The minimum atomic E-state index is -0.421. The summed E-state index contributed by atoms with van der Waals surface area (Å²) in [4.78, 5) is 22.9. The summed E-state index contributed by atoms with van der Waals surface area (Å²) in [5.74, 6) is 0.387. The molecule has 0 saturated heterocycles. The maximum Gasteiger partial charge on any atom is 0.308 e. The van der Waals surface area contributed by atoms with Crippen molar-refractivity contribution < 1.29 is 19.1 Å². The molecule has 0 radical (unpaired) electrons. The van der Waals surface area contributed by atoms with Crippen LogP contribution in [0, 0.1) is 0 Å². The molecule has 0 heterocycles. The second-order valence-electron chi connectivity index (χ2n) is 4.15. The third kappa shape index (κ3) is 3.95. The van der Waals surface area contributed by atoms with Gasteiger partial charge in [-0.2, -0.15) is 0 Å². The Balaban J connectivity index is 2.00. The number of benzene rings is 2. The molecule has 0 N–H and O–H groups in total. The van der Waals surface area contributed by atoms with Gasteiger partial charge >= 0.3 is 5.97 Å². The Morgan fingerprint density at radius 3 is 2.35 bits per heavy atom. The number of hydrogen-bond donors (Lipinski definition) is 0. The van der Waals surface area contributed by atoms with Crippen LogP contribution in [0.3, 0.4) is 0 Å². The van der Waals surface area contributed by atoms with E-state index in [9.17, 15) is 9.59 Å². The lowest BCUT2D eigenvalue weighted by atomic mass is 10.1. The van der Waals surface area contributed by atoms with Crippen molar-refractivity contribution in [1.29, 1.82) is 0 Å². The average Bonchev–Trinajstić information content (AvgIpc) is 2.45. The number of rotatable bonds is 5. The molecular formula is C16H14O4. The predicted octanol–water partition coefficient (Wildman–Crippen LogP) is 2.87. The third-order valence-electron chi connectivity index (χ3n) is 2.53. The number of hydrogen-bond acceptors (Lipinski definition) is 4. The minimum Gasteiger partial charge on any atom is -0.485 e. The van der Waals surface area contributed by atoms with Crippen LogP contribution in [0.5, 0.6) is 11.5 Å². The molecule has 0 saturated carbocycles. The minimum absolute atomic E-state index is 0.0620. The molecule has 20 heavy (non-hydrogen) atoms. The van der Waals surface area contributed by atoms with Crippen molar-refractivity contribution in [2.75, 3.05) is 6.61 Å². The summed E-state index contributed by atoms with van der Waals surface area (Å²) in [6, 6.07) is 15.6. The quantitative estimate of drug-likeness (QED) is 0.476. The fourth-order valence-electron chi connectivity index (χ4n) is 1.65. The highest BCUT2D eigenvalue weighted by atomic mass is 16.5. The number of ether oxygens (including phenoxy) is 2. The van der Waals surface area contributed by atoms with Crippen molar-refractivity contribution in [3.8, 4) is 11.5 Å². The number of ketones is 1. The summed E-state index contributed by atoms with van der Waals surface area (Å²) in [5.41, 5.74) is 0.444. The van der Waals surface area contributed by atoms with Crippen molar-refractivity contribution in [2.24, 2.45) is 0 Å². The lowest BCUT2D eigenvalue weighted by molar-refractivity contribution is -0.131. The van der Waals surface area contributed by atoms with Crippen molar-refractivity contribution in [1.82, 2.24) is 0 Å². The van der Waals surface area contributed by atoms with E-state index in [2.05, 4.69) is 0 Å². The molecule has 2 aromatic rings. The molecule has 0 unspecified atom stereocenters. The van der Waals surface area contributed by atoms with Crippen molar-refractivity contribution in [3.05, 3.63) is 60.2 Å². The molecule has 102 valence electrons. The zero-order valence-electron chi connectivity index (χ0n) is 11.0. The van der Waals surface area contributed by atoms with Crippen LogP contribution >= 0.6 is 0 Å². The molecule has 2 aromatic carbocycles. The van der Waals surface area contributed by atoms with Gasteiger partial charge in [-0.15, -0.1) is 0 Å². The van der Waals surface area contributed by atoms with E-state index in [0.717, 1.165) is 0 Å². The van der Waals surface area contributed by atoms with Gasteiger partial charge in [0.2, 0.25) is 0 Å². The van der Waals surface area contributed by atoms with Crippen molar-refractivity contribution >= 4 is 11.8 Å². The lowest BCUT2D eigenvalue weighted by Gasteiger charge is -2.06. The maximum absolute atomic E-state index is 12.0. The zero-order chi connectivity index (χ0) is 14.4. The van der Waals surface area contributed by atoms with Crippen LogP contribution in [-0.2, 0) is 4.79 Å². The van der Waals surface area contributed by atoms with Gasteiger partial charge in [-0.1, -0.05) is 30.3 Å². The van der Waals surface area contributed by atoms with E-state index in [1.165, 1.54) is 13.0 Å². The summed E-state index contributed by atoms with van der Waals surface area (Å²) >= 11 is 0. The standard InChI is InChI=1S/C16H14O4/c1-12(17)20-15-9-5-6-13(10-15)16(18)11-19-14-7-3-2-4-8-14/h2-10H,11H2,1H3. The van der Waals surface area contributed by atoms with Gasteiger partial charge in [0.25, 0.3) is 0 Å². The molecule has 0 atom stereocenters. The highest BCUT2D eigenvalue weighted by Crippen LogP contribution is 2.15. The third-order valence-corrected chi connectivity index (χ3v) is 2.53. The van der Waals surface area contributed by atoms with Crippen molar-refractivity contribution in [3.63, 3.8) is 0 Å². The van der Waals surface area contributed by atoms with E-state index in [4.69, 9.17) is 9.47 Å². The van der Waals surface area contributed by atoms with Crippen LogP contribution < -0.4 is 9.47 Å². The molecule has 0 aromatic heterocycles. The van der Waals surface area contributed by atoms with Gasteiger partial charge in [0.05, 0.1) is 0 Å². The van der Waals surface area contributed by atoms with Crippen LogP contribution in [0.15, 0.2) is 54.6 Å². The van der Waals surface area contributed by atoms with E-state index in [-0.39, 0.29) is 12.4 Å². The Bertz CT molecular complexity index is 605. The van der Waals surface area contributed by atoms with Crippen LogP contribution in [0.2, 0.25) is 0 Å². The fraction of sp³-hybridized carbons (Fsp3) is 0.125. The summed E-state index contributed by atoms with van der Waals surface area (Å²) in [6.45, 7) is 1.25. The molecule has 4 heteroatoms. The summed E-state index contributed by atoms with van der Waals surface area (Å²) < 4.78 is 10.3. The lowest BCUT2D eigenvalue weighted by Crippen LogP contribution is -2.12. The van der Waals surface area contributed by atoms with Gasteiger partial charge in [-0.05, 0) is 24.3 Å². The van der Waals surface area contributed by atoms with E-state index >= 15 is 0 Å². The number of para-hydroxylation sites is 1. The first kappa shape index (κ1) is 13.8. The summed E-state index contributed by atoms with van der Waals surface area (Å²) in [6.07, 6.45) is 0. The van der Waals surface area contributed by atoms with Crippen LogP contribution in [0.25, 0.3) is 0 Å². The van der Waals surface area contributed by atoms with E-state index in [1.807, 2.05) is 18.2 Å². The van der Waals surface area contributed by atoms with Crippen molar-refractivity contribution in [2.45, 2.75) is 6.92 Å². The normalized spacial score (nSPS) is 9.85. The second kappa shape index (κ2) is 6.52. The smallest absolute Gasteiger partial charge is 0.308 e. The number of carbonyl (C=O) groups excluding carboxylic acids is 2. The zero-order valence-corrected chi connectivity index (χ0v) is 11.0. The largest absolute Gasteiger partial charge is 0.485 e. The molecule has 0 aliphatic carbocycles. The van der Waals surface area contributed by atoms with E-state index in [1.54, 1.807) is 30.3 Å². The Hall–Kier alpha value is -2.62. The molecule has 2 rings (SSSR count). The summed E-state index contributed by atoms with van der Waals surface area (Å²) in [7, 11) is 0. The second-order valence-corrected chi connectivity index (χ2v) is 4.15. The number of Topliss-reactive ketones (excluding diaryl/α,β-unsaturated/α-hetero) is 1. The Morgan fingerprint density at radius 1 is 0.950 bits per heavy atom. The molecule has 0 aliphatic heterocycles. The Labute approximate surface area is 116 Å². The van der Waals surface area contributed by atoms with Gasteiger partial charge in [-0.25, -0.2) is 0 Å². The van der Waals surface area contributed by atoms with Gasteiger partial charge in [0.15, 0.2) is 12.4 Å². The first-order valence-electron chi connectivity index (χ1n) is 6.14. The molecule has 0 spiro atoms. The van der Waals surface area contributed by atoms with Gasteiger partial charge in [-0.3, -0.25) is 9.59 Å². The highest BCUT2D eigenvalue weighted by Gasteiger charge is 2.08. The van der Waals surface area contributed by atoms with E-state index < -0.39 is 5.97 Å². The molecule has 0 fully saturated rings. The molecule has 0 aliphatic rings. The maximum atomic E-state index is 12.0. The van der Waals surface area contributed by atoms with E-state index in [0.29, 0.717) is 17.1 Å².